The fourth-order valence-electron chi connectivity index (χ4n) is 3.63. The maximum absolute atomic E-state index is 13.9. The van der Waals surface area contributed by atoms with Gasteiger partial charge in [0, 0.05) is 40.8 Å². The molecule has 0 unspecified atom stereocenters. The highest BCUT2D eigenvalue weighted by atomic mass is 79.9. The summed E-state index contributed by atoms with van der Waals surface area (Å²) in [6.07, 6.45) is 4.88. The van der Waals surface area contributed by atoms with Gasteiger partial charge in [0.15, 0.2) is 10.8 Å². The number of nitrogens with zero attached hydrogens (tertiary/aromatic N) is 4. The third-order valence-corrected chi connectivity index (χ3v) is 6.96. The third-order valence-electron chi connectivity index (χ3n) is 5.34. The standard InChI is InChI=1S/C22H26BrFN4O2S/c1-6-14(24)10-16(23)13(3)19-18(22(29)30-7-2)17-11-15(27(4)5)12-28(17)20(26-19)21-25-8-9-31-21/h6,8-10,15,19H,1,7,11-12H2,2-5H3/b14-10+,16-13-/t15-,19+/m1/s1. The minimum atomic E-state index is -0.617. The van der Waals surface area contributed by atoms with Crippen molar-refractivity contribution in [3.05, 3.63) is 62.5 Å². The topological polar surface area (TPSA) is 58.0 Å². The monoisotopic (exact) mass is 508 g/mol. The summed E-state index contributed by atoms with van der Waals surface area (Å²) in [5, 5.41) is 2.68. The molecule has 31 heavy (non-hydrogen) atoms. The number of hydrogen-bond donors (Lipinski definition) is 0. The van der Waals surface area contributed by atoms with E-state index in [4.69, 9.17) is 9.73 Å². The molecule has 0 radical (unpaired) electrons. The fourth-order valence-corrected chi connectivity index (χ4v) is 4.71. The normalized spacial score (nSPS) is 22.4. The summed E-state index contributed by atoms with van der Waals surface area (Å²) in [7, 11) is 4.05. The van der Waals surface area contributed by atoms with E-state index in [9.17, 15) is 9.18 Å². The van der Waals surface area contributed by atoms with Gasteiger partial charge in [-0.1, -0.05) is 22.5 Å². The number of thiazole rings is 1. The number of carbonyl (C=O) groups excluding carboxylic acids is 1. The van der Waals surface area contributed by atoms with Crippen molar-refractivity contribution < 1.29 is 13.9 Å². The number of likely N-dealkylation sites (N-methyl/N-ethyl adjacent to an activating group) is 1. The molecule has 0 saturated carbocycles. The minimum absolute atomic E-state index is 0.217. The smallest absolute Gasteiger partial charge is 0.338 e. The van der Waals surface area contributed by atoms with Gasteiger partial charge in [0.05, 0.1) is 12.2 Å². The van der Waals surface area contributed by atoms with Crippen LogP contribution < -0.4 is 0 Å². The molecule has 0 spiro atoms. The van der Waals surface area contributed by atoms with Gasteiger partial charge >= 0.3 is 5.97 Å². The van der Waals surface area contributed by atoms with Crippen LogP contribution in [0.2, 0.25) is 0 Å². The van der Waals surface area contributed by atoms with Crippen LogP contribution in [-0.2, 0) is 9.53 Å². The Morgan fingerprint density at radius 1 is 1.52 bits per heavy atom. The summed E-state index contributed by atoms with van der Waals surface area (Å²) in [5.41, 5.74) is 2.08. The second-order valence-electron chi connectivity index (χ2n) is 7.47. The van der Waals surface area contributed by atoms with Crippen molar-refractivity contribution in [2.45, 2.75) is 32.4 Å². The van der Waals surface area contributed by atoms with E-state index in [0.717, 1.165) is 22.6 Å². The minimum Gasteiger partial charge on any atom is -0.463 e. The predicted octanol–water partition coefficient (Wildman–Crippen LogP) is 4.43. The molecular weight excluding hydrogens is 483 g/mol. The SMILES string of the molecule is C=C/C(F)=C\C(Br)=C(/C)[C@@H]1N=C(c2nccs2)N2C[C@H](N(C)C)CC2=C1C(=O)OCC. The summed E-state index contributed by atoms with van der Waals surface area (Å²) in [6, 6.07) is -0.400. The van der Waals surface area contributed by atoms with Crippen molar-refractivity contribution in [1.29, 1.82) is 0 Å². The molecule has 9 heteroatoms. The lowest BCUT2D eigenvalue weighted by molar-refractivity contribution is -0.138. The summed E-state index contributed by atoms with van der Waals surface area (Å²) >= 11 is 4.94. The summed E-state index contributed by atoms with van der Waals surface area (Å²) in [6.45, 7) is 8.02. The zero-order valence-electron chi connectivity index (χ0n) is 18.1. The Bertz CT molecular complexity index is 982. The maximum Gasteiger partial charge on any atom is 0.338 e. The van der Waals surface area contributed by atoms with Crippen LogP contribution in [0.5, 0.6) is 0 Å². The zero-order chi connectivity index (χ0) is 22.7. The number of halogens is 2. The van der Waals surface area contributed by atoms with Crippen molar-refractivity contribution in [2.24, 2.45) is 4.99 Å². The first kappa shape index (κ1) is 23.6. The van der Waals surface area contributed by atoms with E-state index in [0.29, 0.717) is 28.6 Å². The molecule has 6 nitrogen and oxygen atoms in total. The highest BCUT2D eigenvalue weighted by Gasteiger charge is 2.42. The van der Waals surface area contributed by atoms with Gasteiger partial charge in [-0.05, 0) is 45.7 Å². The molecule has 0 aromatic carbocycles. The van der Waals surface area contributed by atoms with Gasteiger partial charge in [0.1, 0.15) is 11.9 Å². The number of ether oxygens (including phenoxy) is 1. The summed E-state index contributed by atoms with van der Waals surface area (Å²) < 4.78 is 19.8. The maximum atomic E-state index is 13.9. The Morgan fingerprint density at radius 2 is 2.26 bits per heavy atom. The van der Waals surface area contributed by atoms with Gasteiger partial charge in [-0.15, -0.1) is 11.3 Å². The Kier molecular flexibility index (Phi) is 7.61. The van der Waals surface area contributed by atoms with Crippen LogP contribution in [0, 0.1) is 0 Å². The molecule has 2 aliphatic rings. The average molecular weight is 509 g/mol. The molecule has 1 aromatic heterocycles. The number of aliphatic imine (C=N–C) groups is 1. The van der Waals surface area contributed by atoms with Gasteiger partial charge in [-0.3, -0.25) is 4.99 Å². The quantitative estimate of drug-likeness (QED) is 0.402. The van der Waals surface area contributed by atoms with Gasteiger partial charge in [-0.25, -0.2) is 14.2 Å². The number of hydrogen-bond acceptors (Lipinski definition) is 7. The molecular formula is C22H26BrFN4O2S. The fraction of sp³-hybridized carbons (Fsp3) is 0.409. The molecule has 0 N–H and O–H groups in total. The molecule has 166 valence electrons. The van der Waals surface area contributed by atoms with E-state index < -0.39 is 17.8 Å². The van der Waals surface area contributed by atoms with Crippen LogP contribution >= 0.6 is 27.3 Å². The first-order valence-corrected chi connectivity index (χ1v) is 11.6. The van der Waals surface area contributed by atoms with Crippen LogP contribution in [0.15, 0.2) is 62.5 Å². The zero-order valence-corrected chi connectivity index (χ0v) is 20.5. The molecule has 2 aliphatic heterocycles. The molecule has 1 aromatic rings. The summed E-state index contributed by atoms with van der Waals surface area (Å²) in [4.78, 5) is 26.7. The van der Waals surface area contributed by atoms with Gasteiger partial charge in [-0.2, -0.15) is 0 Å². The number of allylic oxidation sites excluding steroid dienone is 4. The highest BCUT2D eigenvalue weighted by molar-refractivity contribution is 9.11. The molecule has 0 bridgehead atoms. The molecule has 2 atom stereocenters. The lowest BCUT2D eigenvalue weighted by Crippen LogP contribution is -2.39. The van der Waals surface area contributed by atoms with E-state index in [1.807, 2.05) is 26.4 Å². The van der Waals surface area contributed by atoms with Gasteiger partial charge in [0.25, 0.3) is 0 Å². The molecule has 0 aliphatic carbocycles. The number of fused-ring (bicyclic) bond motifs is 1. The third kappa shape index (κ3) is 4.88. The second kappa shape index (κ2) is 10.0. The van der Waals surface area contributed by atoms with E-state index >= 15 is 0 Å². The van der Waals surface area contributed by atoms with Crippen LogP contribution in [0.3, 0.4) is 0 Å². The van der Waals surface area contributed by atoms with Crippen LogP contribution in [0.25, 0.3) is 0 Å². The van der Waals surface area contributed by atoms with E-state index in [1.54, 1.807) is 13.1 Å². The molecule has 0 amide bonds. The molecule has 1 saturated heterocycles. The van der Waals surface area contributed by atoms with Crippen molar-refractivity contribution in [2.75, 3.05) is 27.2 Å². The van der Waals surface area contributed by atoms with Gasteiger partial charge in [0.2, 0.25) is 0 Å². The van der Waals surface area contributed by atoms with Crippen molar-refractivity contribution >= 4 is 39.1 Å². The lowest BCUT2D eigenvalue weighted by Gasteiger charge is -2.32. The first-order valence-electron chi connectivity index (χ1n) is 9.96. The highest BCUT2D eigenvalue weighted by Crippen LogP contribution is 2.38. The Balaban J connectivity index is 2.21. The van der Waals surface area contributed by atoms with Gasteiger partial charge < -0.3 is 14.5 Å². The Morgan fingerprint density at radius 3 is 2.84 bits per heavy atom. The number of carbonyl (C=O) groups is 1. The number of esters is 1. The van der Waals surface area contributed by atoms with Crippen molar-refractivity contribution in [3.63, 3.8) is 0 Å². The van der Waals surface area contributed by atoms with Crippen molar-refractivity contribution in [1.82, 2.24) is 14.8 Å². The number of amidine groups is 1. The van der Waals surface area contributed by atoms with E-state index in [2.05, 4.69) is 37.3 Å². The van der Waals surface area contributed by atoms with Crippen LogP contribution in [-0.4, -0.2) is 65.9 Å². The van der Waals surface area contributed by atoms with Crippen molar-refractivity contribution in [3.8, 4) is 0 Å². The molecule has 3 heterocycles. The largest absolute Gasteiger partial charge is 0.463 e. The first-order chi connectivity index (χ1) is 14.8. The Hall–Kier alpha value is -2.10. The summed E-state index contributed by atoms with van der Waals surface area (Å²) in [5.74, 6) is -0.159. The Labute approximate surface area is 194 Å². The predicted molar refractivity (Wildman–Crippen MR) is 126 cm³/mol. The molecule has 1 fully saturated rings. The average Bonchev–Trinajstić information content (AvgIpc) is 3.42. The van der Waals surface area contributed by atoms with Crippen LogP contribution in [0.1, 0.15) is 25.3 Å². The van der Waals surface area contributed by atoms with E-state index in [-0.39, 0.29) is 12.6 Å². The molecule has 3 rings (SSSR count). The number of rotatable bonds is 7. The van der Waals surface area contributed by atoms with E-state index in [1.165, 1.54) is 17.4 Å². The number of aromatic nitrogens is 1. The second-order valence-corrected chi connectivity index (χ2v) is 9.22. The van der Waals surface area contributed by atoms with Crippen LogP contribution in [0.4, 0.5) is 4.39 Å². The lowest BCUT2D eigenvalue weighted by atomic mass is 9.94.